The van der Waals surface area contributed by atoms with Crippen LogP contribution >= 0.6 is 11.3 Å². The van der Waals surface area contributed by atoms with Crippen molar-refractivity contribution in [1.29, 1.82) is 0 Å². The zero-order valence-corrected chi connectivity index (χ0v) is 9.89. The fourth-order valence-electron chi connectivity index (χ4n) is 1.44. The van der Waals surface area contributed by atoms with Gasteiger partial charge < -0.3 is 10.5 Å². The third-order valence-corrected chi connectivity index (χ3v) is 2.92. The molecular formula is C11H14N2OS. The molecule has 0 fully saturated rings. The third-order valence-electron chi connectivity index (χ3n) is 1.99. The molecule has 1 aromatic carbocycles. The summed E-state index contributed by atoms with van der Waals surface area (Å²) in [5.41, 5.74) is 7.54. The van der Waals surface area contributed by atoms with Gasteiger partial charge in [0.1, 0.15) is 5.75 Å². The molecule has 2 aromatic rings. The van der Waals surface area contributed by atoms with E-state index in [2.05, 4.69) is 4.98 Å². The number of thiazole rings is 1. The fraction of sp³-hybridized carbons (Fsp3) is 0.364. The van der Waals surface area contributed by atoms with Gasteiger partial charge in [-0.05, 0) is 26.8 Å². The van der Waals surface area contributed by atoms with Gasteiger partial charge in [-0.25, -0.2) is 4.98 Å². The second kappa shape index (κ2) is 3.70. The minimum atomic E-state index is 0.129. The number of nitrogens with zero attached hydrogens (tertiary/aromatic N) is 1. The van der Waals surface area contributed by atoms with Gasteiger partial charge in [-0.1, -0.05) is 0 Å². The van der Waals surface area contributed by atoms with Crippen molar-refractivity contribution in [2.24, 2.45) is 0 Å². The maximum absolute atomic E-state index is 5.90. The van der Waals surface area contributed by atoms with Crippen molar-refractivity contribution in [2.45, 2.75) is 26.9 Å². The van der Waals surface area contributed by atoms with Crippen molar-refractivity contribution in [2.75, 3.05) is 5.73 Å². The highest BCUT2D eigenvalue weighted by Crippen LogP contribution is 2.31. The van der Waals surface area contributed by atoms with Crippen molar-refractivity contribution in [1.82, 2.24) is 4.98 Å². The monoisotopic (exact) mass is 222 g/mol. The van der Waals surface area contributed by atoms with Crippen molar-refractivity contribution < 1.29 is 4.74 Å². The topological polar surface area (TPSA) is 48.1 Å². The Morgan fingerprint density at radius 2 is 2.13 bits per heavy atom. The summed E-state index contributed by atoms with van der Waals surface area (Å²) in [6.07, 6.45) is 0.129. The molecule has 0 saturated heterocycles. The van der Waals surface area contributed by atoms with Gasteiger partial charge in [0.15, 0.2) is 0 Å². The van der Waals surface area contributed by atoms with Gasteiger partial charge in [0, 0.05) is 6.07 Å². The first-order valence-electron chi connectivity index (χ1n) is 4.89. The lowest BCUT2D eigenvalue weighted by Crippen LogP contribution is -2.07. The summed E-state index contributed by atoms with van der Waals surface area (Å²) in [6.45, 7) is 5.95. The first-order valence-corrected chi connectivity index (χ1v) is 5.71. The maximum atomic E-state index is 5.90. The number of ether oxygens (including phenoxy) is 1. The first kappa shape index (κ1) is 10.2. The predicted molar refractivity (Wildman–Crippen MR) is 64.5 cm³/mol. The minimum absolute atomic E-state index is 0.129. The van der Waals surface area contributed by atoms with Crippen LogP contribution < -0.4 is 10.5 Å². The summed E-state index contributed by atoms with van der Waals surface area (Å²) < 4.78 is 6.71. The van der Waals surface area contributed by atoms with Crippen LogP contribution in [-0.4, -0.2) is 11.1 Å². The van der Waals surface area contributed by atoms with Gasteiger partial charge in [-0.15, -0.1) is 11.3 Å². The summed E-state index contributed by atoms with van der Waals surface area (Å²) in [4.78, 5) is 4.41. The van der Waals surface area contributed by atoms with Gasteiger partial charge in [-0.2, -0.15) is 0 Å². The summed E-state index contributed by atoms with van der Waals surface area (Å²) in [5.74, 6) is 0.725. The molecule has 0 bridgehead atoms. The van der Waals surface area contributed by atoms with Gasteiger partial charge in [-0.3, -0.25) is 0 Å². The fourth-order valence-corrected chi connectivity index (χ4v) is 2.30. The normalized spacial score (nSPS) is 11.2. The molecule has 0 amide bonds. The number of hydrogen-bond donors (Lipinski definition) is 1. The molecule has 0 aliphatic heterocycles. The van der Waals surface area contributed by atoms with E-state index in [9.17, 15) is 0 Å². The van der Waals surface area contributed by atoms with E-state index >= 15 is 0 Å². The number of hydrogen-bond acceptors (Lipinski definition) is 4. The molecule has 1 aromatic heterocycles. The number of rotatable bonds is 2. The Morgan fingerprint density at radius 1 is 1.40 bits per heavy atom. The van der Waals surface area contributed by atoms with Crippen LogP contribution in [-0.2, 0) is 0 Å². The van der Waals surface area contributed by atoms with Crippen LogP contribution in [0.4, 0.5) is 5.69 Å². The number of aromatic nitrogens is 1. The highest BCUT2D eigenvalue weighted by Gasteiger charge is 2.08. The number of nitrogens with two attached hydrogens (primary N) is 1. The number of fused-ring (bicyclic) bond motifs is 1. The molecule has 0 aliphatic rings. The van der Waals surface area contributed by atoms with Crippen molar-refractivity contribution in [3.8, 4) is 5.75 Å². The Bertz CT molecular complexity index is 491. The molecule has 2 N–H and O–H groups in total. The number of benzene rings is 1. The molecule has 0 saturated carbocycles. The van der Waals surface area contributed by atoms with Crippen LogP contribution in [0.15, 0.2) is 12.1 Å². The van der Waals surface area contributed by atoms with E-state index < -0.39 is 0 Å². The summed E-state index contributed by atoms with van der Waals surface area (Å²) in [7, 11) is 0. The van der Waals surface area contributed by atoms with Crippen LogP contribution in [0.25, 0.3) is 10.2 Å². The predicted octanol–water partition coefficient (Wildman–Crippen LogP) is 2.97. The molecule has 15 heavy (non-hydrogen) atoms. The zero-order chi connectivity index (χ0) is 11.0. The van der Waals surface area contributed by atoms with Crippen molar-refractivity contribution in [3.05, 3.63) is 17.1 Å². The van der Waals surface area contributed by atoms with E-state index in [-0.39, 0.29) is 6.10 Å². The first-order chi connectivity index (χ1) is 7.06. The average Bonchev–Trinajstić information content (AvgIpc) is 2.44. The smallest absolute Gasteiger partial charge is 0.144 e. The Kier molecular flexibility index (Phi) is 2.52. The van der Waals surface area contributed by atoms with Crippen molar-refractivity contribution in [3.63, 3.8) is 0 Å². The van der Waals surface area contributed by atoms with Crippen LogP contribution in [0.3, 0.4) is 0 Å². The standard InChI is InChI=1S/C11H14N2OS/c1-6(2)14-10-5-9-11(4-8(10)12)15-7(3)13-9/h4-6H,12H2,1-3H3. The minimum Gasteiger partial charge on any atom is -0.489 e. The van der Waals surface area contributed by atoms with Crippen molar-refractivity contribution >= 4 is 27.2 Å². The summed E-state index contributed by atoms with van der Waals surface area (Å²) in [5, 5.41) is 1.05. The number of nitrogen functional groups attached to an aromatic ring is 1. The molecule has 0 unspecified atom stereocenters. The summed E-state index contributed by atoms with van der Waals surface area (Å²) >= 11 is 1.65. The van der Waals surface area contributed by atoms with E-state index in [4.69, 9.17) is 10.5 Å². The SMILES string of the molecule is Cc1nc2cc(OC(C)C)c(N)cc2s1. The van der Waals surface area contributed by atoms with Gasteiger partial charge in [0.05, 0.1) is 27.0 Å². The Hall–Kier alpha value is -1.29. The molecule has 0 atom stereocenters. The second-order valence-electron chi connectivity index (χ2n) is 3.76. The molecular weight excluding hydrogens is 208 g/mol. The highest BCUT2D eigenvalue weighted by molar-refractivity contribution is 7.18. The van der Waals surface area contributed by atoms with Gasteiger partial charge in [0.2, 0.25) is 0 Å². The summed E-state index contributed by atoms with van der Waals surface area (Å²) in [6, 6.07) is 3.84. The van der Waals surface area contributed by atoms with Crippen LogP contribution in [0.2, 0.25) is 0 Å². The van der Waals surface area contributed by atoms with E-state index in [1.54, 1.807) is 11.3 Å². The lowest BCUT2D eigenvalue weighted by Gasteiger charge is -2.11. The molecule has 0 spiro atoms. The molecule has 1 heterocycles. The number of anilines is 1. The third kappa shape index (κ3) is 2.04. The largest absolute Gasteiger partial charge is 0.489 e. The highest BCUT2D eigenvalue weighted by atomic mass is 32.1. The molecule has 80 valence electrons. The van der Waals surface area contributed by atoms with Crippen LogP contribution in [0.1, 0.15) is 18.9 Å². The molecule has 0 radical (unpaired) electrons. The van der Waals surface area contributed by atoms with E-state index in [1.807, 2.05) is 32.9 Å². The lowest BCUT2D eigenvalue weighted by molar-refractivity contribution is 0.244. The average molecular weight is 222 g/mol. The Morgan fingerprint density at radius 3 is 2.80 bits per heavy atom. The van der Waals surface area contributed by atoms with Gasteiger partial charge in [0.25, 0.3) is 0 Å². The molecule has 0 aliphatic carbocycles. The lowest BCUT2D eigenvalue weighted by atomic mass is 10.2. The maximum Gasteiger partial charge on any atom is 0.144 e. The van der Waals surface area contributed by atoms with Gasteiger partial charge >= 0.3 is 0 Å². The zero-order valence-electron chi connectivity index (χ0n) is 9.07. The number of aryl methyl sites for hydroxylation is 1. The molecule has 3 nitrogen and oxygen atoms in total. The molecule has 2 rings (SSSR count). The van der Waals surface area contributed by atoms with Crippen LogP contribution in [0.5, 0.6) is 5.75 Å². The van der Waals surface area contributed by atoms with E-state index in [0.717, 1.165) is 21.0 Å². The van der Waals surface area contributed by atoms with E-state index in [1.165, 1.54) is 0 Å². The van der Waals surface area contributed by atoms with Crippen LogP contribution in [0, 0.1) is 6.92 Å². The van der Waals surface area contributed by atoms with E-state index in [0.29, 0.717) is 5.69 Å². The quantitative estimate of drug-likeness (QED) is 0.795. The Balaban J connectivity index is 2.51. The molecule has 4 heteroatoms. The second-order valence-corrected chi connectivity index (χ2v) is 4.99. The Labute approximate surface area is 92.9 Å².